The fourth-order valence-electron chi connectivity index (χ4n) is 1.38. The van der Waals surface area contributed by atoms with E-state index in [2.05, 4.69) is 10.1 Å². The summed E-state index contributed by atoms with van der Waals surface area (Å²) >= 11 is 1.57. The third-order valence-corrected chi connectivity index (χ3v) is 3.35. The minimum absolute atomic E-state index is 0.186. The Morgan fingerprint density at radius 3 is 2.88 bits per heavy atom. The topological polar surface area (TPSA) is 68.0 Å². The molecule has 0 amide bonds. The lowest BCUT2D eigenvalue weighted by molar-refractivity contribution is 0.0684. The van der Waals surface area contributed by atoms with Crippen LogP contribution in [0.4, 0.5) is 0 Å². The van der Waals surface area contributed by atoms with Gasteiger partial charge in [0.15, 0.2) is 0 Å². The van der Waals surface area contributed by atoms with Gasteiger partial charge in [0.25, 0.3) is 0 Å². The molecule has 1 N–H and O–H groups in total. The first kappa shape index (κ1) is 10.8. The molecule has 0 aliphatic rings. The number of thiazole rings is 1. The van der Waals surface area contributed by atoms with Crippen LogP contribution in [0.15, 0.2) is 12.3 Å². The Morgan fingerprint density at radius 2 is 2.31 bits per heavy atom. The molecular formula is C10H11N3O2S. The van der Waals surface area contributed by atoms with Crippen molar-refractivity contribution >= 4 is 17.3 Å². The summed E-state index contributed by atoms with van der Waals surface area (Å²) in [5.74, 6) is -0.970. The summed E-state index contributed by atoms with van der Waals surface area (Å²) in [7, 11) is 0. The molecule has 0 radical (unpaired) electrons. The van der Waals surface area contributed by atoms with Gasteiger partial charge in [0, 0.05) is 11.1 Å². The van der Waals surface area contributed by atoms with Crippen LogP contribution in [-0.2, 0) is 6.54 Å². The van der Waals surface area contributed by atoms with Crippen LogP contribution in [0.25, 0.3) is 0 Å². The maximum Gasteiger partial charge on any atom is 0.354 e. The maximum absolute atomic E-state index is 10.9. The number of aromatic carboxylic acids is 1. The number of hydrogen-bond acceptors (Lipinski definition) is 4. The summed E-state index contributed by atoms with van der Waals surface area (Å²) in [5, 5.41) is 13.8. The second-order valence-corrected chi connectivity index (χ2v) is 4.72. The van der Waals surface area contributed by atoms with E-state index in [1.54, 1.807) is 11.3 Å². The number of hydrogen-bond donors (Lipinski definition) is 1. The monoisotopic (exact) mass is 237 g/mol. The molecule has 84 valence electrons. The summed E-state index contributed by atoms with van der Waals surface area (Å²) < 4.78 is 1.44. The van der Waals surface area contributed by atoms with Crippen LogP contribution in [0, 0.1) is 13.8 Å². The summed E-state index contributed by atoms with van der Waals surface area (Å²) in [4.78, 5) is 16.4. The highest BCUT2D eigenvalue weighted by molar-refractivity contribution is 7.11. The van der Waals surface area contributed by atoms with Gasteiger partial charge < -0.3 is 5.11 Å². The standard InChI is InChI=1S/C10H11N3O2S/c1-6-7(2)16-9(12-6)5-13-8(10(14)15)3-4-11-13/h3-4H,5H2,1-2H3,(H,14,15). The SMILES string of the molecule is Cc1nc(Cn2nccc2C(=O)O)sc1C. The van der Waals surface area contributed by atoms with E-state index in [1.165, 1.54) is 16.9 Å². The largest absolute Gasteiger partial charge is 0.477 e. The number of aromatic nitrogens is 3. The molecule has 0 fully saturated rings. The predicted molar refractivity (Wildman–Crippen MR) is 59.9 cm³/mol. The molecule has 0 aromatic carbocycles. The molecule has 0 atom stereocenters. The summed E-state index contributed by atoms with van der Waals surface area (Å²) in [6.45, 7) is 4.35. The molecule has 0 aliphatic carbocycles. The van der Waals surface area contributed by atoms with Crippen molar-refractivity contribution in [3.05, 3.63) is 33.5 Å². The van der Waals surface area contributed by atoms with Crippen molar-refractivity contribution in [3.8, 4) is 0 Å². The first-order valence-corrected chi connectivity index (χ1v) is 5.57. The van der Waals surface area contributed by atoms with Gasteiger partial charge in [0.05, 0.1) is 12.2 Å². The molecule has 2 heterocycles. The average Bonchev–Trinajstić information content (AvgIpc) is 2.75. The van der Waals surface area contributed by atoms with Crippen molar-refractivity contribution in [2.24, 2.45) is 0 Å². The van der Waals surface area contributed by atoms with Crippen molar-refractivity contribution < 1.29 is 9.90 Å². The van der Waals surface area contributed by atoms with Gasteiger partial charge in [-0.25, -0.2) is 9.78 Å². The lowest BCUT2D eigenvalue weighted by Crippen LogP contribution is -2.10. The van der Waals surface area contributed by atoms with E-state index >= 15 is 0 Å². The van der Waals surface area contributed by atoms with Crippen molar-refractivity contribution in [2.75, 3.05) is 0 Å². The fourth-order valence-corrected chi connectivity index (χ4v) is 2.29. The van der Waals surface area contributed by atoms with E-state index in [4.69, 9.17) is 5.11 Å². The van der Waals surface area contributed by atoms with Crippen LogP contribution >= 0.6 is 11.3 Å². The molecule has 0 bridgehead atoms. The molecule has 0 saturated carbocycles. The zero-order valence-corrected chi connectivity index (χ0v) is 9.78. The minimum Gasteiger partial charge on any atom is -0.477 e. The van der Waals surface area contributed by atoms with E-state index in [0.29, 0.717) is 6.54 Å². The lowest BCUT2D eigenvalue weighted by atomic mass is 10.4. The van der Waals surface area contributed by atoms with E-state index in [9.17, 15) is 4.79 Å². The Balaban J connectivity index is 2.27. The molecule has 2 aromatic heterocycles. The highest BCUT2D eigenvalue weighted by atomic mass is 32.1. The summed E-state index contributed by atoms with van der Waals surface area (Å²) in [6, 6.07) is 1.48. The minimum atomic E-state index is -0.970. The first-order chi connectivity index (χ1) is 7.58. The van der Waals surface area contributed by atoms with E-state index in [1.807, 2.05) is 13.8 Å². The number of carboxylic acids is 1. The smallest absolute Gasteiger partial charge is 0.354 e. The second kappa shape index (κ2) is 4.05. The van der Waals surface area contributed by atoms with Crippen LogP contribution < -0.4 is 0 Å². The highest BCUT2D eigenvalue weighted by Gasteiger charge is 2.12. The Morgan fingerprint density at radius 1 is 1.56 bits per heavy atom. The highest BCUT2D eigenvalue weighted by Crippen LogP contribution is 2.17. The van der Waals surface area contributed by atoms with E-state index < -0.39 is 5.97 Å². The Kier molecular flexibility index (Phi) is 2.74. The van der Waals surface area contributed by atoms with E-state index in [0.717, 1.165) is 15.6 Å². The molecule has 0 unspecified atom stereocenters. The first-order valence-electron chi connectivity index (χ1n) is 4.76. The van der Waals surface area contributed by atoms with Crippen molar-refractivity contribution in [2.45, 2.75) is 20.4 Å². The molecule has 0 spiro atoms. The van der Waals surface area contributed by atoms with E-state index in [-0.39, 0.29) is 5.69 Å². The molecule has 2 rings (SSSR count). The average molecular weight is 237 g/mol. The number of nitrogens with zero attached hydrogens (tertiary/aromatic N) is 3. The van der Waals surface area contributed by atoms with Gasteiger partial charge in [-0.3, -0.25) is 4.68 Å². The van der Waals surface area contributed by atoms with Gasteiger partial charge in [-0.05, 0) is 19.9 Å². The van der Waals surface area contributed by atoms with Crippen LogP contribution in [0.2, 0.25) is 0 Å². The lowest BCUT2D eigenvalue weighted by Gasteiger charge is -2.00. The molecule has 5 nitrogen and oxygen atoms in total. The summed E-state index contributed by atoms with van der Waals surface area (Å²) in [6.07, 6.45) is 1.48. The third kappa shape index (κ3) is 1.96. The summed E-state index contributed by atoms with van der Waals surface area (Å²) in [5.41, 5.74) is 1.18. The molecule has 0 saturated heterocycles. The Labute approximate surface area is 96.4 Å². The van der Waals surface area contributed by atoms with Crippen LogP contribution in [0.3, 0.4) is 0 Å². The third-order valence-electron chi connectivity index (χ3n) is 2.29. The number of rotatable bonds is 3. The molecule has 0 aliphatic heterocycles. The van der Waals surface area contributed by atoms with Gasteiger partial charge in [-0.15, -0.1) is 11.3 Å². The van der Waals surface area contributed by atoms with Crippen molar-refractivity contribution in [3.63, 3.8) is 0 Å². The van der Waals surface area contributed by atoms with Gasteiger partial charge in [-0.1, -0.05) is 0 Å². The molecule has 2 aromatic rings. The zero-order valence-electron chi connectivity index (χ0n) is 8.97. The Bertz CT molecular complexity index is 510. The molecule has 16 heavy (non-hydrogen) atoms. The number of carbonyl (C=O) groups is 1. The maximum atomic E-state index is 10.9. The Hall–Kier alpha value is -1.69. The van der Waals surface area contributed by atoms with Crippen LogP contribution in [-0.4, -0.2) is 25.8 Å². The van der Waals surface area contributed by atoms with Gasteiger partial charge in [0.1, 0.15) is 10.7 Å². The van der Waals surface area contributed by atoms with Crippen molar-refractivity contribution in [1.82, 2.24) is 14.8 Å². The fraction of sp³-hybridized carbons (Fsp3) is 0.300. The molecule has 6 heteroatoms. The predicted octanol–water partition coefficient (Wildman–Crippen LogP) is 1.70. The zero-order chi connectivity index (χ0) is 11.7. The van der Waals surface area contributed by atoms with Gasteiger partial charge in [-0.2, -0.15) is 5.10 Å². The molecular weight excluding hydrogens is 226 g/mol. The second-order valence-electron chi connectivity index (χ2n) is 3.43. The van der Waals surface area contributed by atoms with Crippen molar-refractivity contribution in [1.29, 1.82) is 0 Å². The quantitative estimate of drug-likeness (QED) is 0.882. The van der Waals surface area contributed by atoms with Gasteiger partial charge >= 0.3 is 5.97 Å². The van der Waals surface area contributed by atoms with Crippen LogP contribution in [0.5, 0.6) is 0 Å². The van der Waals surface area contributed by atoms with Gasteiger partial charge in [0.2, 0.25) is 0 Å². The van der Waals surface area contributed by atoms with Crippen LogP contribution in [0.1, 0.15) is 26.1 Å². The number of aryl methyl sites for hydroxylation is 2. The normalized spacial score (nSPS) is 10.6. The number of carboxylic acid groups (broad SMARTS) is 1.